The molecule has 0 radical (unpaired) electrons. The molecule has 0 unspecified atom stereocenters. The first kappa shape index (κ1) is 11.0. The lowest BCUT2D eigenvalue weighted by atomic mass is 10.2. The number of carboxylic acids is 1. The highest BCUT2D eigenvalue weighted by Gasteiger charge is 2.14. The van der Waals surface area contributed by atoms with E-state index in [2.05, 4.69) is 4.98 Å². The molecule has 0 atom stereocenters. The Morgan fingerprint density at radius 1 is 1.53 bits per heavy atom. The summed E-state index contributed by atoms with van der Waals surface area (Å²) in [5.41, 5.74) is -0.230. The zero-order valence-corrected chi connectivity index (χ0v) is 8.06. The first-order chi connectivity index (χ1) is 7.00. The second kappa shape index (κ2) is 4.41. The van der Waals surface area contributed by atoms with Crippen LogP contribution >= 0.6 is 0 Å². The molecule has 0 aliphatic carbocycles. The van der Waals surface area contributed by atoms with Gasteiger partial charge in [0.1, 0.15) is 6.54 Å². The Hall–Kier alpha value is -2.11. The van der Waals surface area contributed by atoms with E-state index < -0.39 is 24.0 Å². The molecule has 80 valence electrons. The van der Waals surface area contributed by atoms with E-state index in [1.54, 1.807) is 0 Å². The molecule has 1 heterocycles. The molecular formula is C9H10N2O4. The Balaban J connectivity index is 2.85. The summed E-state index contributed by atoms with van der Waals surface area (Å²) in [6.45, 7) is -0.397. The van der Waals surface area contributed by atoms with Crippen LogP contribution < -0.4 is 5.56 Å². The van der Waals surface area contributed by atoms with E-state index in [1.165, 1.54) is 19.3 Å². The number of aromatic amines is 1. The average molecular weight is 210 g/mol. The van der Waals surface area contributed by atoms with Crippen LogP contribution in [0.2, 0.25) is 0 Å². The third kappa shape index (κ3) is 2.94. The van der Waals surface area contributed by atoms with Crippen LogP contribution in [0.5, 0.6) is 0 Å². The predicted molar refractivity (Wildman–Crippen MR) is 51.7 cm³/mol. The van der Waals surface area contributed by atoms with Crippen molar-refractivity contribution >= 4 is 11.9 Å². The van der Waals surface area contributed by atoms with Gasteiger partial charge in [-0.1, -0.05) is 0 Å². The topological polar surface area (TPSA) is 90.5 Å². The highest BCUT2D eigenvalue weighted by molar-refractivity contribution is 5.95. The summed E-state index contributed by atoms with van der Waals surface area (Å²) in [5, 5.41) is 8.47. The van der Waals surface area contributed by atoms with Crippen molar-refractivity contribution in [3.8, 4) is 0 Å². The van der Waals surface area contributed by atoms with E-state index in [9.17, 15) is 14.4 Å². The number of aromatic nitrogens is 1. The molecule has 1 rings (SSSR count). The first-order valence-corrected chi connectivity index (χ1v) is 4.16. The number of hydrogen-bond donors (Lipinski definition) is 2. The molecule has 0 bridgehead atoms. The van der Waals surface area contributed by atoms with Gasteiger partial charge < -0.3 is 15.0 Å². The molecule has 0 spiro atoms. The minimum atomic E-state index is -1.10. The SMILES string of the molecule is CN(CC(=O)O)C(=O)c1cc[nH]c(=O)c1. The van der Waals surface area contributed by atoms with Crippen molar-refractivity contribution < 1.29 is 14.7 Å². The van der Waals surface area contributed by atoms with Crippen LogP contribution in [0.3, 0.4) is 0 Å². The van der Waals surface area contributed by atoms with Crippen LogP contribution in [0.1, 0.15) is 10.4 Å². The van der Waals surface area contributed by atoms with Crippen molar-refractivity contribution in [1.29, 1.82) is 0 Å². The Morgan fingerprint density at radius 2 is 2.20 bits per heavy atom. The summed E-state index contributed by atoms with van der Waals surface area (Å²) in [6.07, 6.45) is 1.34. The molecule has 2 N–H and O–H groups in total. The van der Waals surface area contributed by atoms with Gasteiger partial charge in [-0.25, -0.2) is 0 Å². The molecule has 0 aliphatic rings. The van der Waals surface area contributed by atoms with E-state index in [4.69, 9.17) is 5.11 Å². The number of nitrogens with one attached hydrogen (secondary N) is 1. The average Bonchev–Trinajstić information content (AvgIpc) is 2.15. The number of carbonyl (C=O) groups excluding carboxylic acids is 1. The molecule has 1 aromatic rings. The lowest BCUT2D eigenvalue weighted by Crippen LogP contribution is -2.32. The zero-order chi connectivity index (χ0) is 11.4. The Bertz CT molecular complexity index is 438. The van der Waals surface area contributed by atoms with E-state index in [-0.39, 0.29) is 5.56 Å². The van der Waals surface area contributed by atoms with E-state index in [0.29, 0.717) is 0 Å². The van der Waals surface area contributed by atoms with Crippen LogP contribution in [-0.4, -0.2) is 40.5 Å². The van der Waals surface area contributed by atoms with Gasteiger partial charge in [0.05, 0.1) is 0 Å². The predicted octanol–water partition coefficient (Wildman–Crippen LogP) is -0.469. The van der Waals surface area contributed by atoms with Gasteiger partial charge in [0, 0.05) is 24.9 Å². The van der Waals surface area contributed by atoms with Crippen molar-refractivity contribution in [3.05, 3.63) is 34.2 Å². The molecule has 0 saturated carbocycles. The zero-order valence-electron chi connectivity index (χ0n) is 8.06. The molecular weight excluding hydrogens is 200 g/mol. The quantitative estimate of drug-likeness (QED) is 0.705. The first-order valence-electron chi connectivity index (χ1n) is 4.16. The summed E-state index contributed by atoms with van der Waals surface area (Å²) >= 11 is 0. The van der Waals surface area contributed by atoms with Gasteiger partial charge in [0.25, 0.3) is 5.91 Å². The van der Waals surface area contributed by atoms with Gasteiger partial charge in [0.2, 0.25) is 5.56 Å². The third-order valence-electron chi connectivity index (χ3n) is 1.74. The Morgan fingerprint density at radius 3 is 2.73 bits per heavy atom. The van der Waals surface area contributed by atoms with Gasteiger partial charge >= 0.3 is 5.97 Å². The fraction of sp³-hybridized carbons (Fsp3) is 0.222. The summed E-state index contributed by atoms with van der Waals surface area (Å²) in [4.78, 5) is 36.2. The number of nitrogens with zero attached hydrogens (tertiary/aromatic N) is 1. The van der Waals surface area contributed by atoms with Crippen LogP contribution in [0, 0.1) is 0 Å². The number of hydrogen-bond acceptors (Lipinski definition) is 3. The Labute approximate surface area is 85.1 Å². The third-order valence-corrected chi connectivity index (χ3v) is 1.74. The number of carboxylic acid groups (broad SMARTS) is 1. The molecule has 1 aromatic heterocycles. The number of rotatable bonds is 3. The molecule has 6 heteroatoms. The molecule has 0 aliphatic heterocycles. The van der Waals surface area contributed by atoms with Crippen LogP contribution in [0.25, 0.3) is 0 Å². The largest absolute Gasteiger partial charge is 0.480 e. The number of carbonyl (C=O) groups is 2. The standard InChI is InChI=1S/C9H10N2O4/c1-11(5-8(13)14)9(15)6-2-3-10-7(12)4-6/h2-4H,5H2,1H3,(H,10,12)(H,13,14). The van der Waals surface area contributed by atoms with Crippen molar-refractivity contribution in [2.45, 2.75) is 0 Å². The maximum atomic E-state index is 11.5. The second-order valence-electron chi connectivity index (χ2n) is 3.00. The minimum absolute atomic E-state index is 0.169. The molecule has 6 nitrogen and oxygen atoms in total. The summed E-state index contributed by atoms with van der Waals surface area (Å²) in [6, 6.07) is 2.54. The van der Waals surface area contributed by atoms with Crippen molar-refractivity contribution in [2.24, 2.45) is 0 Å². The van der Waals surface area contributed by atoms with Gasteiger partial charge in [-0.2, -0.15) is 0 Å². The molecule has 1 amide bonds. The number of aliphatic carboxylic acids is 1. The van der Waals surface area contributed by atoms with Crippen LogP contribution in [0.15, 0.2) is 23.1 Å². The number of pyridine rings is 1. The monoisotopic (exact) mass is 210 g/mol. The number of likely N-dealkylation sites (N-methyl/N-ethyl adjacent to an activating group) is 1. The van der Waals surface area contributed by atoms with Gasteiger partial charge in [0.15, 0.2) is 0 Å². The Kier molecular flexibility index (Phi) is 3.22. The lowest BCUT2D eigenvalue weighted by molar-refractivity contribution is -0.137. The van der Waals surface area contributed by atoms with E-state index in [0.717, 1.165) is 11.0 Å². The smallest absolute Gasteiger partial charge is 0.323 e. The number of amides is 1. The summed E-state index contributed by atoms with van der Waals surface area (Å²) < 4.78 is 0. The molecule has 15 heavy (non-hydrogen) atoms. The fourth-order valence-corrected chi connectivity index (χ4v) is 1.07. The number of H-pyrrole nitrogens is 1. The van der Waals surface area contributed by atoms with Crippen molar-refractivity contribution in [2.75, 3.05) is 13.6 Å². The highest BCUT2D eigenvalue weighted by Crippen LogP contribution is 1.98. The van der Waals surface area contributed by atoms with Crippen LogP contribution in [0.4, 0.5) is 0 Å². The van der Waals surface area contributed by atoms with Gasteiger partial charge in [-0.15, -0.1) is 0 Å². The van der Waals surface area contributed by atoms with E-state index >= 15 is 0 Å². The van der Waals surface area contributed by atoms with Crippen molar-refractivity contribution in [3.63, 3.8) is 0 Å². The lowest BCUT2D eigenvalue weighted by Gasteiger charge is -2.13. The van der Waals surface area contributed by atoms with Gasteiger partial charge in [-0.3, -0.25) is 14.4 Å². The minimum Gasteiger partial charge on any atom is -0.480 e. The maximum Gasteiger partial charge on any atom is 0.323 e. The van der Waals surface area contributed by atoms with E-state index in [1.807, 2.05) is 0 Å². The molecule has 0 fully saturated rings. The normalized spacial score (nSPS) is 9.67. The highest BCUT2D eigenvalue weighted by atomic mass is 16.4. The summed E-state index contributed by atoms with van der Waals surface area (Å²) in [7, 11) is 1.36. The fourth-order valence-electron chi connectivity index (χ4n) is 1.07. The summed E-state index contributed by atoms with van der Waals surface area (Å²) in [5.74, 6) is -1.60. The van der Waals surface area contributed by atoms with Crippen LogP contribution in [-0.2, 0) is 4.79 Å². The second-order valence-corrected chi connectivity index (χ2v) is 3.00. The van der Waals surface area contributed by atoms with Gasteiger partial charge in [-0.05, 0) is 6.07 Å². The molecule has 0 aromatic carbocycles. The maximum absolute atomic E-state index is 11.5. The van der Waals surface area contributed by atoms with Crippen molar-refractivity contribution in [1.82, 2.24) is 9.88 Å². The molecule has 0 saturated heterocycles.